The Morgan fingerprint density at radius 3 is 2.83 bits per heavy atom. The Morgan fingerprint density at radius 2 is 2.22 bits per heavy atom. The Morgan fingerprint density at radius 1 is 1.39 bits per heavy atom. The molecule has 1 saturated heterocycles. The van der Waals surface area contributed by atoms with Crippen LogP contribution in [0.1, 0.15) is 5.76 Å². The number of hydrogen-bond acceptors (Lipinski definition) is 6. The van der Waals surface area contributed by atoms with Crippen molar-refractivity contribution in [2.45, 2.75) is 17.8 Å². The van der Waals surface area contributed by atoms with E-state index in [1.807, 2.05) is 0 Å². The molecule has 102 valence electrons. The molecule has 7 nitrogen and oxygen atoms in total. The lowest BCUT2D eigenvalue weighted by atomic mass is 10.3. The number of sulfonamides is 1. The lowest BCUT2D eigenvalue weighted by Gasteiger charge is -2.22. The van der Waals surface area contributed by atoms with Crippen LogP contribution in [0.15, 0.2) is 21.6 Å². The van der Waals surface area contributed by atoms with Crippen molar-refractivity contribution in [2.75, 3.05) is 26.4 Å². The van der Waals surface area contributed by atoms with Crippen LogP contribution in [0.3, 0.4) is 0 Å². The summed E-state index contributed by atoms with van der Waals surface area (Å²) in [6.45, 7) is 1.14. The molecule has 1 unspecified atom stereocenters. The topological polar surface area (TPSA) is 98.0 Å². The molecule has 0 radical (unpaired) electrons. The van der Waals surface area contributed by atoms with Crippen molar-refractivity contribution in [1.29, 1.82) is 0 Å². The molecule has 2 rings (SSSR count). The van der Waals surface area contributed by atoms with Crippen LogP contribution >= 0.6 is 0 Å². The van der Waals surface area contributed by atoms with Crippen molar-refractivity contribution in [3.8, 4) is 0 Å². The zero-order valence-electron chi connectivity index (χ0n) is 9.66. The molecule has 1 aromatic rings. The van der Waals surface area contributed by atoms with Crippen LogP contribution in [-0.2, 0) is 26.1 Å². The summed E-state index contributed by atoms with van der Waals surface area (Å²) in [7, 11) is -3.71. The summed E-state index contributed by atoms with van der Waals surface area (Å²) in [5, 5.41) is 8.59. The van der Waals surface area contributed by atoms with E-state index in [-0.39, 0.29) is 30.1 Å². The van der Waals surface area contributed by atoms with Gasteiger partial charge in [0.05, 0.1) is 25.9 Å². The monoisotopic (exact) mass is 277 g/mol. The molecular weight excluding hydrogens is 262 g/mol. The summed E-state index contributed by atoms with van der Waals surface area (Å²) < 4.78 is 41.5. The highest BCUT2D eigenvalue weighted by Gasteiger charge is 2.22. The number of ether oxygens (including phenoxy) is 2. The van der Waals surface area contributed by atoms with E-state index in [0.29, 0.717) is 19.8 Å². The van der Waals surface area contributed by atoms with E-state index in [1.54, 1.807) is 0 Å². The van der Waals surface area contributed by atoms with Crippen LogP contribution in [0, 0.1) is 0 Å². The maximum absolute atomic E-state index is 11.8. The summed E-state index contributed by atoms with van der Waals surface area (Å²) in [4.78, 5) is 0. The van der Waals surface area contributed by atoms with E-state index < -0.39 is 10.0 Å². The van der Waals surface area contributed by atoms with Crippen LogP contribution in [0.2, 0.25) is 0 Å². The summed E-state index contributed by atoms with van der Waals surface area (Å²) >= 11 is 0. The molecule has 1 aliphatic heterocycles. The molecule has 8 heteroatoms. The average Bonchev–Trinajstić information content (AvgIpc) is 2.87. The fraction of sp³-hybridized carbons (Fsp3) is 0.600. The SMILES string of the molecule is O=S(=O)(NCC1COCCO1)c1ccc(CO)o1. The van der Waals surface area contributed by atoms with Crippen molar-refractivity contribution >= 4 is 10.0 Å². The number of nitrogens with one attached hydrogen (secondary N) is 1. The van der Waals surface area contributed by atoms with Gasteiger partial charge in [-0.25, -0.2) is 13.1 Å². The molecular formula is C10H15NO6S. The standard InChI is InChI=1S/C10H15NO6S/c12-6-8-1-2-10(17-8)18(13,14)11-5-9-7-15-3-4-16-9/h1-2,9,11-12H,3-7H2. The summed E-state index contributed by atoms with van der Waals surface area (Å²) in [5.74, 6) is 0.202. The van der Waals surface area contributed by atoms with Crippen LogP contribution in [-0.4, -0.2) is 46.0 Å². The van der Waals surface area contributed by atoms with Crippen LogP contribution in [0.5, 0.6) is 0 Å². The van der Waals surface area contributed by atoms with Gasteiger partial charge in [-0.15, -0.1) is 0 Å². The molecule has 0 saturated carbocycles. The summed E-state index contributed by atoms with van der Waals surface area (Å²) in [5.41, 5.74) is 0. The van der Waals surface area contributed by atoms with Crippen molar-refractivity contribution in [3.63, 3.8) is 0 Å². The molecule has 0 aromatic carbocycles. The van der Waals surface area contributed by atoms with Gasteiger partial charge in [-0.05, 0) is 12.1 Å². The van der Waals surface area contributed by atoms with E-state index in [0.717, 1.165) is 0 Å². The third kappa shape index (κ3) is 3.30. The van der Waals surface area contributed by atoms with Gasteiger partial charge in [0, 0.05) is 6.54 Å². The minimum absolute atomic E-state index is 0.123. The highest BCUT2D eigenvalue weighted by atomic mass is 32.2. The molecule has 0 amide bonds. The van der Waals surface area contributed by atoms with Gasteiger partial charge in [0.25, 0.3) is 10.0 Å². The zero-order valence-corrected chi connectivity index (χ0v) is 10.5. The van der Waals surface area contributed by atoms with Gasteiger partial charge in [0.15, 0.2) is 0 Å². The van der Waals surface area contributed by atoms with Crippen LogP contribution in [0.4, 0.5) is 0 Å². The van der Waals surface area contributed by atoms with Gasteiger partial charge in [-0.3, -0.25) is 0 Å². The van der Waals surface area contributed by atoms with E-state index >= 15 is 0 Å². The lowest BCUT2D eigenvalue weighted by molar-refractivity contribution is -0.0847. The number of furan rings is 1. The molecule has 2 N–H and O–H groups in total. The molecule has 18 heavy (non-hydrogen) atoms. The van der Waals surface area contributed by atoms with Gasteiger partial charge in [-0.1, -0.05) is 0 Å². The molecule has 1 fully saturated rings. The second kappa shape index (κ2) is 5.81. The maximum atomic E-state index is 11.8. The normalized spacial score (nSPS) is 21.1. The molecule has 0 spiro atoms. The maximum Gasteiger partial charge on any atom is 0.274 e. The van der Waals surface area contributed by atoms with E-state index in [2.05, 4.69) is 4.72 Å². The second-order valence-corrected chi connectivity index (χ2v) is 5.50. The first-order valence-electron chi connectivity index (χ1n) is 5.50. The second-order valence-electron chi connectivity index (χ2n) is 3.80. The van der Waals surface area contributed by atoms with Gasteiger partial charge in [0.2, 0.25) is 5.09 Å². The Bertz CT molecular complexity index is 476. The van der Waals surface area contributed by atoms with Crippen molar-refractivity contribution < 1.29 is 27.4 Å². The van der Waals surface area contributed by atoms with Gasteiger partial charge in [0.1, 0.15) is 12.4 Å². The number of rotatable bonds is 5. The molecule has 1 atom stereocenters. The first-order valence-corrected chi connectivity index (χ1v) is 6.99. The fourth-order valence-electron chi connectivity index (χ4n) is 1.52. The first kappa shape index (κ1) is 13.5. The third-order valence-corrected chi connectivity index (χ3v) is 3.74. The highest BCUT2D eigenvalue weighted by Crippen LogP contribution is 2.13. The predicted molar refractivity (Wildman–Crippen MR) is 60.4 cm³/mol. The smallest absolute Gasteiger partial charge is 0.274 e. The Kier molecular flexibility index (Phi) is 4.36. The first-order chi connectivity index (χ1) is 8.62. The molecule has 0 aliphatic carbocycles. The highest BCUT2D eigenvalue weighted by molar-refractivity contribution is 7.89. The quantitative estimate of drug-likeness (QED) is 0.750. The predicted octanol–water partition coefficient (Wildman–Crippen LogP) is -0.534. The summed E-state index contributed by atoms with van der Waals surface area (Å²) in [6, 6.07) is 2.71. The Hall–Kier alpha value is -0.930. The zero-order chi connectivity index (χ0) is 13.0. The molecule has 1 aromatic heterocycles. The third-order valence-electron chi connectivity index (χ3n) is 2.44. The minimum Gasteiger partial charge on any atom is -0.446 e. The number of aliphatic hydroxyl groups excluding tert-OH is 1. The largest absolute Gasteiger partial charge is 0.446 e. The van der Waals surface area contributed by atoms with Gasteiger partial charge in [-0.2, -0.15) is 0 Å². The Labute approximate surface area is 105 Å². The van der Waals surface area contributed by atoms with E-state index in [4.69, 9.17) is 19.0 Å². The molecule has 1 aliphatic rings. The lowest BCUT2D eigenvalue weighted by Crippen LogP contribution is -2.39. The van der Waals surface area contributed by atoms with Gasteiger partial charge < -0.3 is 19.0 Å². The van der Waals surface area contributed by atoms with E-state index in [9.17, 15) is 8.42 Å². The number of hydrogen-bond donors (Lipinski definition) is 2. The van der Waals surface area contributed by atoms with Crippen molar-refractivity contribution in [1.82, 2.24) is 4.72 Å². The summed E-state index contributed by atoms with van der Waals surface area (Å²) in [6.07, 6.45) is -0.291. The van der Waals surface area contributed by atoms with Crippen LogP contribution in [0.25, 0.3) is 0 Å². The van der Waals surface area contributed by atoms with Crippen LogP contribution < -0.4 is 4.72 Å². The minimum atomic E-state index is -3.71. The average molecular weight is 277 g/mol. The van der Waals surface area contributed by atoms with Crippen molar-refractivity contribution in [2.24, 2.45) is 0 Å². The molecule has 0 bridgehead atoms. The van der Waals surface area contributed by atoms with E-state index in [1.165, 1.54) is 12.1 Å². The number of aliphatic hydroxyl groups is 1. The van der Waals surface area contributed by atoms with Crippen molar-refractivity contribution in [3.05, 3.63) is 17.9 Å². The Balaban J connectivity index is 1.94. The van der Waals surface area contributed by atoms with Gasteiger partial charge >= 0.3 is 0 Å². The fourth-order valence-corrected chi connectivity index (χ4v) is 2.53. The molecule has 2 heterocycles.